The van der Waals surface area contributed by atoms with E-state index in [1.165, 1.54) is 24.5 Å². The summed E-state index contributed by atoms with van der Waals surface area (Å²) >= 11 is 0. The minimum Gasteiger partial charge on any atom is -0.489 e. The van der Waals surface area contributed by atoms with Crippen LogP contribution in [0.1, 0.15) is 16.9 Å². The molecule has 0 radical (unpaired) electrons. The first-order chi connectivity index (χ1) is 15.9. The summed E-state index contributed by atoms with van der Waals surface area (Å²) in [6.45, 7) is 0.0274. The topological polar surface area (TPSA) is 132 Å². The first-order valence-electron chi connectivity index (χ1n) is 9.78. The molecule has 4 rings (SSSR count). The fraction of sp³-hybridized carbons (Fsp3) is 0.0870. The SMILES string of the molecule is O=C1NC(=O)N(Cc2ccco2)C(=O)/C1=C/c1ccc(OCc2cccc([N+](=O)[O-])c2)cc1. The van der Waals surface area contributed by atoms with Crippen LogP contribution in [0, 0.1) is 10.1 Å². The summed E-state index contributed by atoms with van der Waals surface area (Å²) in [6.07, 6.45) is 2.80. The zero-order valence-corrected chi connectivity index (χ0v) is 17.1. The summed E-state index contributed by atoms with van der Waals surface area (Å²) in [7, 11) is 0. The number of nitro groups is 1. The Balaban J connectivity index is 1.45. The number of benzene rings is 2. The van der Waals surface area contributed by atoms with Gasteiger partial charge in [-0.15, -0.1) is 0 Å². The zero-order chi connectivity index (χ0) is 23.4. The van der Waals surface area contributed by atoms with Crippen LogP contribution in [0.3, 0.4) is 0 Å². The van der Waals surface area contributed by atoms with Crippen LogP contribution in [0.15, 0.2) is 76.9 Å². The molecule has 1 aromatic heterocycles. The van der Waals surface area contributed by atoms with Gasteiger partial charge in [0.2, 0.25) is 0 Å². The van der Waals surface area contributed by atoms with E-state index < -0.39 is 22.8 Å². The van der Waals surface area contributed by atoms with Gasteiger partial charge in [-0.25, -0.2) is 4.79 Å². The second-order valence-electron chi connectivity index (χ2n) is 7.07. The highest BCUT2D eigenvalue weighted by molar-refractivity contribution is 6.30. The van der Waals surface area contributed by atoms with Crippen molar-refractivity contribution in [1.82, 2.24) is 10.2 Å². The van der Waals surface area contributed by atoms with Crippen LogP contribution in [0.5, 0.6) is 5.75 Å². The van der Waals surface area contributed by atoms with E-state index in [9.17, 15) is 24.5 Å². The van der Waals surface area contributed by atoms with Crippen molar-refractivity contribution >= 4 is 29.6 Å². The molecule has 166 valence electrons. The van der Waals surface area contributed by atoms with Crippen molar-refractivity contribution in [3.05, 3.63) is 99.5 Å². The van der Waals surface area contributed by atoms with Crippen LogP contribution in [0.4, 0.5) is 10.5 Å². The first-order valence-corrected chi connectivity index (χ1v) is 9.78. The maximum atomic E-state index is 12.7. The second kappa shape index (κ2) is 9.18. The summed E-state index contributed by atoms with van der Waals surface area (Å²) in [5.41, 5.74) is 0.976. The number of nitro benzene ring substituents is 1. The highest BCUT2D eigenvalue weighted by atomic mass is 16.6. The number of amides is 4. The first kappa shape index (κ1) is 21.5. The van der Waals surface area contributed by atoms with Crippen molar-refractivity contribution in [3.8, 4) is 5.75 Å². The molecule has 0 aliphatic carbocycles. The van der Waals surface area contributed by atoms with Crippen LogP contribution in [-0.4, -0.2) is 27.7 Å². The molecule has 10 nitrogen and oxygen atoms in total. The molecule has 1 N–H and O–H groups in total. The molecule has 0 atom stereocenters. The Morgan fingerprint density at radius 1 is 1.06 bits per heavy atom. The molecule has 2 aromatic carbocycles. The number of nitrogens with one attached hydrogen (secondary N) is 1. The molecule has 2 heterocycles. The minimum atomic E-state index is -0.816. The highest BCUT2D eigenvalue weighted by Crippen LogP contribution is 2.20. The lowest BCUT2D eigenvalue weighted by atomic mass is 10.1. The van der Waals surface area contributed by atoms with Crippen LogP contribution in [-0.2, 0) is 22.7 Å². The number of imide groups is 2. The number of hydrogen-bond acceptors (Lipinski definition) is 7. The predicted octanol–water partition coefficient (Wildman–Crippen LogP) is 3.43. The molecular weight excluding hydrogens is 430 g/mol. The standard InChI is InChI=1S/C23H17N3O7/c27-21-20(22(28)25(23(29)24-21)13-19-5-2-10-32-19)12-15-6-8-18(9-7-15)33-14-16-3-1-4-17(11-16)26(30)31/h1-12H,13-14H2,(H,24,27,29)/b20-12+. The Kier molecular flexibility index (Phi) is 5.98. The lowest BCUT2D eigenvalue weighted by Crippen LogP contribution is -2.53. The number of furan rings is 1. The third-order valence-electron chi connectivity index (χ3n) is 4.80. The van der Waals surface area contributed by atoms with Gasteiger partial charge in [-0.05, 0) is 41.5 Å². The maximum absolute atomic E-state index is 12.7. The molecule has 3 aromatic rings. The van der Waals surface area contributed by atoms with Gasteiger partial charge in [-0.3, -0.25) is 29.9 Å². The molecule has 1 fully saturated rings. The largest absolute Gasteiger partial charge is 0.489 e. The van der Waals surface area contributed by atoms with E-state index in [-0.39, 0.29) is 24.4 Å². The number of ether oxygens (including phenoxy) is 1. The van der Waals surface area contributed by atoms with E-state index in [0.717, 1.165) is 4.90 Å². The number of barbiturate groups is 1. The predicted molar refractivity (Wildman–Crippen MR) is 115 cm³/mol. The number of carbonyl (C=O) groups is 3. The third-order valence-corrected chi connectivity index (χ3v) is 4.80. The number of rotatable bonds is 7. The summed E-state index contributed by atoms with van der Waals surface area (Å²) in [5, 5.41) is 13.0. The van der Waals surface area contributed by atoms with E-state index in [1.54, 1.807) is 48.5 Å². The second-order valence-corrected chi connectivity index (χ2v) is 7.07. The van der Waals surface area contributed by atoms with E-state index in [4.69, 9.17) is 9.15 Å². The maximum Gasteiger partial charge on any atom is 0.331 e. The average Bonchev–Trinajstić information content (AvgIpc) is 3.32. The molecular formula is C23H17N3O7. The molecule has 1 aliphatic heterocycles. The highest BCUT2D eigenvalue weighted by Gasteiger charge is 2.36. The Hall–Kier alpha value is -4.73. The fourth-order valence-electron chi connectivity index (χ4n) is 3.15. The Bertz CT molecular complexity index is 1250. The molecule has 33 heavy (non-hydrogen) atoms. The van der Waals surface area contributed by atoms with Crippen LogP contribution in [0.2, 0.25) is 0 Å². The smallest absolute Gasteiger partial charge is 0.331 e. The van der Waals surface area contributed by atoms with Crippen molar-refractivity contribution in [2.24, 2.45) is 0 Å². The van der Waals surface area contributed by atoms with Crippen molar-refractivity contribution in [1.29, 1.82) is 0 Å². The van der Waals surface area contributed by atoms with E-state index >= 15 is 0 Å². The van der Waals surface area contributed by atoms with E-state index in [0.29, 0.717) is 22.6 Å². The normalized spacial score (nSPS) is 15.0. The average molecular weight is 447 g/mol. The monoisotopic (exact) mass is 447 g/mol. The molecule has 0 unspecified atom stereocenters. The molecule has 0 spiro atoms. The number of nitrogens with zero attached hydrogens (tertiary/aromatic N) is 2. The van der Waals surface area contributed by atoms with Gasteiger partial charge >= 0.3 is 6.03 Å². The zero-order valence-electron chi connectivity index (χ0n) is 17.1. The molecule has 0 bridgehead atoms. The quantitative estimate of drug-likeness (QED) is 0.254. The Labute approximate surface area is 187 Å². The number of carbonyl (C=O) groups excluding carboxylic acids is 3. The van der Waals surface area contributed by atoms with Gasteiger partial charge in [0.1, 0.15) is 23.7 Å². The van der Waals surface area contributed by atoms with Gasteiger partial charge < -0.3 is 9.15 Å². The van der Waals surface area contributed by atoms with Gasteiger partial charge in [0, 0.05) is 12.1 Å². The van der Waals surface area contributed by atoms with Crippen LogP contribution < -0.4 is 10.1 Å². The summed E-state index contributed by atoms with van der Waals surface area (Å²) in [6, 6.07) is 15.1. The van der Waals surface area contributed by atoms with Crippen molar-refractivity contribution in [2.45, 2.75) is 13.2 Å². The number of hydrogen-bond donors (Lipinski definition) is 1. The van der Waals surface area contributed by atoms with E-state index in [1.807, 2.05) is 0 Å². The van der Waals surface area contributed by atoms with E-state index in [2.05, 4.69) is 5.32 Å². The van der Waals surface area contributed by atoms with Crippen LogP contribution >= 0.6 is 0 Å². The molecule has 1 aliphatic rings. The summed E-state index contributed by atoms with van der Waals surface area (Å²) < 4.78 is 10.8. The summed E-state index contributed by atoms with van der Waals surface area (Å²) in [4.78, 5) is 48.3. The molecule has 10 heteroatoms. The fourth-order valence-corrected chi connectivity index (χ4v) is 3.15. The Morgan fingerprint density at radius 3 is 2.55 bits per heavy atom. The van der Waals surface area contributed by atoms with Gasteiger partial charge in [0.05, 0.1) is 17.7 Å². The van der Waals surface area contributed by atoms with Gasteiger partial charge in [0.25, 0.3) is 17.5 Å². The molecule has 0 saturated carbocycles. The van der Waals surface area contributed by atoms with Crippen molar-refractivity contribution in [2.75, 3.05) is 0 Å². The van der Waals surface area contributed by atoms with Gasteiger partial charge in [0.15, 0.2) is 0 Å². The van der Waals surface area contributed by atoms with Crippen LogP contribution in [0.25, 0.3) is 6.08 Å². The molecule has 4 amide bonds. The molecule has 1 saturated heterocycles. The van der Waals surface area contributed by atoms with Gasteiger partial charge in [-0.2, -0.15) is 0 Å². The third kappa shape index (κ3) is 4.96. The van der Waals surface area contributed by atoms with Gasteiger partial charge in [-0.1, -0.05) is 24.3 Å². The lowest BCUT2D eigenvalue weighted by molar-refractivity contribution is -0.384. The van der Waals surface area contributed by atoms with Crippen molar-refractivity contribution in [3.63, 3.8) is 0 Å². The Morgan fingerprint density at radius 2 is 1.85 bits per heavy atom. The summed E-state index contributed by atoms with van der Waals surface area (Å²) in [5.74, 6) is -0.618. The number of non-ortho nitro benzene ring substituents is 1. The number of urea groups is 1. The lowest BCUT2D eigenvalue weighted by Gasteiger charge is -2.25. The van der Waals surface area contributed by atoms with Crippen molar-refractivity contribution < 1.29 is 28.5 Å². The minimum absolute atomic E-state index is 0.0203.